The molecule has 3 aromatic rings. The first-order chi connectivity index (χ1) is 21.8. The van der Waals surface area contributed by atoms with Gasteiger partial charge in [0.25, 0.3) is 5.91 Å². The predicted octanol–water partition coefficient (Wildman–Crippen LogP) is 5.33. The van der Waals surface area contributed by atoms with Crippen molar-refractivity contribution in [2.45, 2.75) is 55.8 Å². The van der Waals surface area contributed by atoms with E-state index in [2.05, 4.69) is 46.7 Å². The van der Waals surface area contributed by atoms with E-state index in [1.165, 1.54) is 28.0 Å². The molecule has 5 atom stereocenters. The maximum Gasteiger partial charge on any atom is 0.319 e. The number of hydrogen-bond acceptors (Lipinski definition) is 6. The molecular weight excluding hydrogens is 574 g/mol. The zero-order valence-electron chi connectivity index (χ0n) is 25.2. The molecule has 0 radical (unpaired) electrons. The summed E-state index contributed by atoms with van der Waals surface area (Å²) in [7, 11) is 0. The molecule has 3 aliphatic heterocycles. The van der Waals surface area contributed by atoms with Gasteiger partial charge >= 0.3 is 6.01 Å². The minimum absolute atomic E-state index is 0.0376. The number of benzene rings is 2. The third kappa shape index (κ3) is 4.83. The van der Waals surface area contributed by atoms with Crippen molar-refractivity contribution in [1.29, 1.82) is 0 Å². The first-order valence-electron chi connectivity index (χ1n) is 16.0. The normalized spacial score (nSPS) is 28.5. The number of ether oxygens (including phenoxy) is 1. The molecule has 2 aromatic carbocycles. The van der Waals surface area contributed by atoms with Crippen molar-refractivity contribution in [3.63, 3.8) is 0 Å². The van der Waals surface area contributed by atoms with Gasteiger partial charge in [-0.1, -0.05) is 30.8 Å². The van der Waals surface area contributed by atoms with Crippen LogP contribution in [0.15, 0.2) is 48.8 Å². The number of carbonyl (C=O) groups is 1. The molecule has 5 aliphatic rings. The molecule has 2 aliphatic carbocycles. The van der Waals surface area contributed by atoms with E-state index in [9.17, 15) is 13.6 Å². The van der Waals surface area contributed by atoms with Crippen molar-refractivity contribution >= 4 is 22.6 Å². The molecule has 4 fully saturated rings. The molecule has 1 amide bonds. The van der Waals surface area contributed by atoms with Crippen LogP contribution in [-0.2, 0) is 11.2 Å². The average molecular weight is 611 g/mol. The predicted molar refractivity (Wildman–Crippen MR) is 168 cm³/mol. The standard InChI is InChI=1S/C35H36F2N6O2/c1-21(36)33(44)43-12-11-41(19-25(43)17-38-2)32-28-8-7-22(26-5-3-6-27-29-13-23(29)14-30(26)27)15-31(28)39-34(40-32)45-20-35-9-4-10-42(35)18-24(37)16-35/h3,5-8,15,23-25,29H,1,4,9-14,16-20H2/t23-,24+,25-,29-,35-/m0/s1. The molecule has 8 rings (SSSR count). The fraction of sp³-hybridized carbons (Fsp3) is 0.486. The summed E-state index contributed by atoms with van der Waals surface area (Å²) in [6, 6.07) is 12.6. The van der Waals surface area contributed by atoms with Crippen LogP contribution >= 0.6 is 0 Å². The first-order valence-corrected chi connectivity index (χ1v) is 16.0. The second kappa shape index (κ2) is 10.8. The highest BCUT2D eigenvalue weighted by molar-refractivity contribution is 5.94. The van der Waals surface area contributed by atoms with E-state index in [0.29, 0.717) is 44.4 Å². The van der Waals surface area contributed by atoms with Crippen molar-refractivity contribution in [2.24, 2.45) is 5.92 Å². The van der Waals surface area contributed by atoms with Crippen LogP contribution in [0.4, 0.5) is 14.6 Å². The molecular formula is C35H36F2N6O2. The van der Waals surface area contributed by atoms with E-state index in [1.54, 1.807) is 0 Å². The Kier molecular flexibility index (Phi) is 6.79. The molecule has 0 spiro atoms. The summed E-state index contributed by atoms with van der Waals surface area (Å²) in [6.07, 6.45) is 3.90. The van der Waals surface area contributed by atoms with E-state index in [4.69, 9.17) is 21.3 Å². The van der Waals surface area contributed by atoms with E-state index in [0.717, 1.165) is 48.2 Å². The van der Waals surface area contributed by atoms with Crippen molar-refractivity contribution < 1.29 is 18.3 Å². The highest BCUT2D eigenvalue weighted by Gasteiger charge is 2.49. The van der Waals surface area contributed by atoms with E-state index in [-0.39, 0.29) is 24.6 Å². The lowest BCUT2D eigenvalue weighted by atomic mass is 9.94. The van der Waals surface area contributed by atoms with Gasteiger partial charge in [-0.15, -0.1) is 0 Å². The SMILES string of the molecule is [C-]#[N+]C[C@H]1CN(c2nc(OC[C@@]34CCCN3C[C@H](F)C4)nc3cc(-c4cccc5c4C[C@@H]4C[C@H]54)ccc23)CCN1C(=O)C(=C)F. The molecule has 45 heavy (non-hydrogen) atoms. The Balaban J connectivity index is 1.17. The van der Waals surface area contributed by atoms with Gasteiger partial charge in [0.15, 0.2) is 5.83 Å². The maximum atomic E-state index is 14.5. The van der Waals surface area contributed by atoms with Gasteiger partial charge in [-0.25, -0.2) is 15.4 Å². The summed E-state index contributed by atoms with van der Waals surface area (Å²) in [5.74, 6) is 0.319. The maximum absolute atomic E-state index is 14.5. The Labute approximate surface area is 261 Å². The lowest BCUT2D eigenvalue weighted by Crippen LogP contribution is -2.56. The van der Waals surface area contributed by atoms with Gasteiger partial charge in [0.05, 0.1) is 11.1 Å². The summed E-state index contributed by atoms with van der Waals surface area (Å²) in [5.41, 5.74) is 5.63. The van der Waals surface area contributed by atoms with Gasteiger partial charge in [-0.05, 0) is 78.5 Å². The van der Waals surface area contributed by atoms with Crippen molar-refractivity contribution in [1.82, 2.24) is 19.8 Å². The van der Waals surface area contributed by atoms with Crippen LogP contribution in [0.3, 0.4) is 0 Å². The van der Waals surface area contributed by atoms with Crippen LogP contribution in [0.5, 0.6) is 6.01 Å². The Bertz CT molecular complexity index is 1760. The van der Waals surface area contributed by atoms with E-state index < -0.39 is 23.9 Å². The summed E-state index contributed by atoms with van der Waals surface area (Å²) in [5, 5.41) is 0.836. The molecule has 3 saturated heterocycles. The Morgan fingerprint density at radius 3 is 2.91 bits per heavy atom. The first kappa shape index (κ1) is 28.4. The fourth-order valence-corrected chi connectivity index (χ4v) is 8.51. The number of carbonyl (C=O) groups excluding carboxylic acids is 1. The number of piperazine rings is 1. The zero-order chi connectivity index (χ0) is 30.9. The van der Waals surface area contributed by atoms with Gasteiger partial charge in [0.1, 0.15) is 24.6 Å². The van der Waals surface area contributed by atoms with Gasteiger partial charge in [0.2, 0.25) is 6.54 Å². The lowest BCUT2D eigenvalue weighted by Gasteiger charge is -2.39. The second-order valence-corrected chi connectivity index (χ2v) is 13.4. The molecule has 4 heterocycles. The third-order valence-corrected chi connectivity index (χ3v) is 10.8. The lowest BCUT2D eigenvalue weighted by molar-refractivity contribution is -0.131. The van der Waals surface area contributed by atoms with Crippen LogP contribution in [0.25, 0.3) is 26.9 Å². The Morgan fingerprint density at radius 2 is 2.07 bits per heavy atom. The van der Waals surface area contributed by atoms with Crippen molar-refractivity contribution in [3.05, 3.63) is 71.3 Å². The number of alkyl halides is 1. The highest BCUT2D eigenvalue weighted by Crippen LogP contribution is 2.57. The van der Waals surface area contributed by atoms with Crippen LogP contribution in [0, 0.1) is 12.5 Å². The molecule has 0 bridgehead atoms. The van der Waals surface area contributed by atoms with Gasteiger partial charge in [-0.2, -0.15) is 9.97 Å². The Hall–Kier alpha value is -4.10. The molecule has 8 nitrogen and oxygen atoms in total. The summed E-state index contributed by atoms with van der Waals surface area (Å²) in [6.45, 7) is 13.3. The van der Waals surface area contributed by atoms with Crippen LogP contribution in [-0.4, -0.2) is 89.3 Å². The number of rotatable bonds is 7. The number of hydrogen-bond donors (Lipinski definition) is 0. The zero-order valence-corrected chi connectivity index (χ0v) is 25.2. The molecule has 1 aromatic heterocycles. The monoisotopic (exact) mass is 610 g/mol. The fourth-order valence-electron chi connectivity index (χ4n) is 8.51. The smallest absolute Gasteiger partial charge is 0.319 e. The number of amides is 1. The highest BCUT2D eigenvalue weighted by atomic mass is 19.1. The second-order valence-electron chi connectivity index (χ2n) is 13.4. The van der Waals surface area contributed by atoms with Gasteiger partial charge in [0, 0.05) is 38.0 Å². The minimum atomic E-state index is -1.03. The topological polar surface area (TPSA) is 66.2 Å². The number of halogens is 2. The summed E-state index contributed by atoms with van der Waals surface area (Å²) in [4.78, 5) is 31.5. The Morgan fingerprint density at radius 1 is 1.18 bits per heavy atom. The van der Waals surface area contributed by atoms with E-state index >= 15 is 0 Å². The van der Waals surface area contributed by atoms with Crippen LogP contribution < -0.4 is 9.64 Å². The number of nitrogens with zero attached hydrogens (tertiary/aromatic N) is 6. The molecule has 0 unspecified atom stereocenters. The van der Waals surface area contributed by atoms with Crippen LogP contribution in [0.2, 0.25) is 0 Å². The van der Waals surface area contributed by atoms with Gasteiger partial charge < -0.3 is 19.4 Å². The van der Waals surface area contributed by atoms with E-state index in [1.807, 2.05) is 11.0 Å². The largest absolute Gasteiger partial charge is 0.461 e. The third-order valence-electron chi connectivity index (χ3n) is 10.8. The number of aromatic nitrogens is 2. The minimum Gasteiger partial charge on any atom is -0.461 e. The summed E-state index contributed by atoms with van der Waals surface area (Å²) < 4.78 is 34.7. The molecule has 232 valence electrons. The summed E-state index contributed by atoms with van der Waals surface area (Å²) >= 11 is 0. The molecule has 1 saturated carbocycles. The quantitative estimate of drug-likeness (QED) is 0.266. The van der Waals surface area contributed by atoms with Crippen LogP contribution in [0.1, 0.15) is 42.7 Å². The average Bonchev–Trinajstić information content (AvgIpc) is 3.38. The molecule has 0 N–H and O–H groups in total. The molecule has 10 heteroatoms. The van der Waals surface area contributed by atoms with Gasteiger partial charge in [-0.3, -0.25) is 9.69 Å². The number of fused-ring (bicyclic) bond motifs is 5. The number of anilines is 1. The van der Waals surface area contributed by atoms with Crippen molar-refractivity contribution in [3.8, 4) is 17.1 Å². The van der Waals surface area contributed by atoms with Crippen molar-refractivity contribution in [2.75, 3.05) is 50.8 Å².